The van der Waals surface area contributed by atoms with Gasteiger partial charge in [0.15, 0.2) is 0 Å². The van der Waals surface area contributed by atoms with Gasteiger partial charge >= 0.3 is 11.8 Å². The van der Waals surface area contributed by atoms with E-state index in [0.29, 0.717) is 0 Å². The quantitative estimate of drug-likeness (QED) is 0.336. The van der Waals surface area contributed by atoms with E-state index in [1.807, 2.05) is 81.4 Å². The zero-order valence-electron chi connectivity index (χ0n) is 17.0. The van der Waals surface area contributed by atoms with E-state index < -0.39 is 11.8 Å². The lowest BCUT2D eigenvalue weighted by Gasteiger charge is -2.13. The average molecular weight is 467 g/mol. The summed E-state index contributed by atoms with van der Waals surface area (Å²) >= 11 is 3.49. The highest BCUT2D eigenvalue weighted by atomic mass is 79.9. The van der Waals surface area contributed by atoms with Crippen molar-refractivity contribution in [1.29, 1.82) is 0 Å². The molecule has 2 aromatic carbocycles. The fraction of sp³-hybridized carbons (Fsp3) is 0.174. The Balaban J connectivity index is 1.64. The molecule has 1 atom stereocenters. The number of carbonyl (C=O) groups excluding carboxylic acids is 2. The van der Waals surface area contributed by atoms with E-state index in [9.17, 15) is 9.59 Å². The molecule has 2 N–H and O–H groups in total. The first-order valence-corrected chi connectivity index (χ1v) is 10.3. The molecule has 30 heavy (non-hydrogen) atoms. The number of aromatic nitrogens is 1. The van der Waals surface area contributed by atoms with E-state index in [0.717, 1.165) is 32.7 Å². The molecule has 0 aliphatic carbocycles. The summed E-state index contributed by atoms with van der Waals surface area (Å²) in [4.78, 5) is 24.2. The number of amides is 2. The van der Waals surface area contributed by atoms with E-state index in [-0.39, 0.29) is 6.04 Å². The zero-order valence-corrected chi connectivity index (χ0v) is 18.6. The molecule has 154 valence electrons. The van der Waals surface area contributed by atoms with Crippen LogP contribution in [0.4, 0.5) is 0 Å². The van der Waals surface area contributed by atoms with E-state index in [4.69, 9.17) is 0 Å². The first kappa shape index (κ1) is 21.5. The molecule has 3 rings (SSSR count). The number of halogens is 1. The second kappa shape index (κ2) is 9.54. The Morgan fingerprint density at radius 3 is 2.47 bits per heavy atom. The lowest BCUT2D eigenvalue weighted by atomic mass is 10.1. The van der Waals surface area contributed by atoms with Gasteiger partial charge in [0.05, 0.1) is 12.3 Å². The van der Waals surface area contributed by atoms with Gasteiger partial charge in [-0.3, -0.25) is 9.59 Å². The third kappa shape index (κ3) is 5.04. The SMILES string of the molecule is Cc1cc(/C=N\NC(=O)C(=O)N[C@@H](C)c2ccccc2)c(C)n1-c1cccc(Br)c1. The zero-order chi connectivity index (χ0) is 21.7. The second-order valence-electron chi connectivity index (χ2n) is 6.95. The monoisotopic (exact) mass is 466 g/mol. The van der Waals surface area contributed by atoms with Crippen LogP contribution in [0.1, 0.15) is 35.5 Å². The Morgan fingerprint density at radius 1 is 1.03 bits per heavy atom. The number of rotatable bonds is 5. The predicted octanol–water partition coefficient (Wildman–Crippen LogP) is 4.18. The van der Waals surface area contributed by atoms with Gasteiger partial charge in [-0.15, -0.1) is 0 Å². The number of hydrogen-bond acceptors (Lipinski definition) is 3. The molecule has 2 amide bonds. The molecule has 7 heteroatoms. The van der Waals surface area contributed by atoms with E-state index in [1.54, 1.807) is 6.21 Å². The molecule has 0 saturated heterocycles. The highest BCUT2D eigenvalue weighted by Gasteiger charge is 2.16. The Morgan fingerprint density at radius 2 is 1.77 bits per heavy atom. The largest absolute Gasteiger partial charge is 0.341 e. The van der Waals surface area contributed by atoms with E-state index in [2.05, 4.69) is 36.3 Å². The summed E-state index contributed by atoms with van der Waals surface area (Å²) in [5, 5.41) is 6.62. The van der Waals surface area contributed by atoms with Crippen molar-refractivity contribution in [3.05, 3.63) is 87.7 Å². The first-order valence-electron chi connectivity index (χ1n) is 9.50. The molecule has 1 aromatic heterocycles. The van der Waals surface area contributed by atoms with Crippen LogP contribution in [0.2, 0.25) is 0 Å². The minimum atomic E-state index is -0.810. The molecular weight excluding hydrogens is 444 g/mol. The highest BCUT2D eigenvalue weighted by Crippen LogP contribution is 2.22. The maximum Gasteiger partial charge on any atom is 0.329 e. The standard InChI is InChI=1S/C23H23BrN4O2/c1-15-12-19(17(3)28(15)21-11-7-10-20(24)13-21)14-25-27-23(30)22(29)26-16(2)18-8-5-4-6-9-18/h4-14,16H,1-3H3,(H,26,29)(H,27,30)/b25-14-/t16-/m0/s1. The van der Waals surface area contributed by atoms with Crippen molar-refractivity contribution in [3.63, 3.8) is 0 Å². The minimum Gasteiger partial charge on any atom is -0.341 e. The minimum absolute atomic E-state index is 0.280. The van der Waals surface area contributed by atoms with Crippen LogP contribution in [0.5, 0.6) is 0 Å². The van der Waals surface area contributed by atoms with Crippen molar-refractivity contribution >= 4 is 34.0 Å². The van der Waals surface area contributed by atoms with Gasteiger partial charge in [0, 0.05) is 27.1 Å². The van der Waals surface area contributed by atoms with Gasteiger partial charge in [0.25, 0.3) is 0 Å². The van der Waals surface area contributed by atoms with Crippen molar-refractivity contribution in [2.45, 2.75) is 26.8 Å². The lowest BCUT2D eigenvalue weighted by Crippen LogP contribution is -2.39. The molecule has 1 heterocycles. The molecule has 0 spiro atoms. The molecule has 0 aliphatic heterocycles. The number of hydrogen-bond donors (Lipinski definition) is 2. The summed E-state index contributed by atoms with van der Waals surface area (Å²) in [5.74, 6) is -1.54. The summed E-state index contributed by atoms with van der Waals surface area (Å²) < 4.78 is 3.09. The Labute approximate surface area is 184 Å². The molecule has 0 aliphatic rings. The molecule has 6 nitrogen and oxygen atoms in total. The Bertz CT molecular complexity index is 1090. The number of hydrazone groups is 1. The van der Waals surface area contributed by atoms with Crippen LogP contribution >= 0.6 is 15.9 Å². The topological polar surface area (TPSA) is 75.5 Å². The van der Waals surface area contributed by atoms with Gasteiger partial charge in [-0.25, -0.2) is 5.43 Å². The van der Waals surface area contributed by atoms with Gasteiger partial charge in [-0.1, -0.05) is 52.3 Å². The highest BCUT2D eigenvalue weighted by molar-refractivity contribution is 9.10. The molecule has 0 fully saturated rings. The molecule has 0 saturated carbocycles. The molecule has 0 bridgehead atoms. The van der Waals surface area contributed by atoms with Gasteiger partial charge in [-0.05, 0) is 50.6 Å². The summed E-state index contributed by atoms with van der Waals surface area (Å²) in [6.07, 6.45) is 1.54. The molecular formula is C23H23BrN4O2. The number of carbonyl (C=O) groups is 2. The summed E-state index contributed by atoms with van der Waals surface area (Å²) in [6.45, 7) is 5.80. The van der Waals surface area contributed by atoms with Crippen molar-refractivity contribution in [1.82, 2.24) is 15.3 Å². The Hall–Kier alpha value is -3.19. The molecule has 0 radical (unpaired) electrons. The third-order valence-corrected chi connectivity index (χ3v) is 5.25. The second-order valence-corrected chi connectivity index (χ2v) is 7.86. The number of benzene rings is 2. The number of nitrogens with one attached hydrogen (secondary N) is 2. The van der Waals surface area contributed by atoms with Crippen molar-refractivity contribution < 1.29 is 9.59 Å². The summed E-state index contributed by atoms with van der Waals surface area (Å²) in [5.41, 5.74) is 7.10. The number of aryl methyl sites for hydroxylation is 1. The fourth-order valence-electron chi connectivity index (χ4n) is 3.23. The molecule has 3 aromatic rings. The van der Waals surface area contributed by atoms with E-state index >= 15 is 0 Å². The summed E-state index contributed by atoms with van der Waals surface area (Å²) in [6, 6.07) is 19.1. The lowest BCUT2D eigenvalue weighted by molar-refractivity contribution is -0.139. The summed E-state index contributed by atoms with van der Waals surface area (Å²) in [7, 11) is 0. The smallest absolute Gasteiger partial charge is 0.329 e. The number of nitrogens with zero attached hydrogens (tertiary/aromatic N) is 2. The normalized spacial score (nSPS) is 12.0. The van der Waals surface area contributed by atoms with Gasteiger partial charge in [-0.2, -0.15) is 5.10 Å². The van der Waals surface area contributed by atoms with Crippen LogP contribution in [0.25, 0.3) is 5.69 Å². The fourth-order valence-corrected chi connectivity index (χ4v) is 3.62. The van der Waals surface area contributed by atoms with Crippen molar-refractivity contribution in [2.75, 3.05) is 0 Å². The predicted molar refractivity (Wildman–Crippen MR) is 122 cm³/mol. The van der Waals surface area contributed by atoms with Crippen LogP contribution in [0.3, 0.4) is 0 Å². The van der Waals surface area contributed by atoms with Gasteiger partial charge < -0.3 is 9.88 Å². The van der Waals surface area contributed by atoms with Crippen molar-refractivity contribution in [2.24, 2.45) is 5.10 Å². The molecule has 0 unspecified atom stereocenters. The maximum atomic E-state index is 12.1. The van der Waals surface area contributed by atoms with Crippen LogP contribution < -0.4 is 10.7 Å². The first-order chi connectivity index (χ1) is 14.4. The van der Waals surface area contributed by atoms with E-state index in [1.165, 1.54) is 0 Å². The Kier molecular flexibility index (Phi) is 6.84. The van der Waals surface area contributed by atoms with Crippen LogP contribution in [0.15, 0.2) is 70.2 Å². The third-order valence-electron chi connectivity index (χ3n) is 4.76. The average Bonchev–Trinajstić information content (AvgIpc) is 3.01. The van der Waals surface area contributed by atoms with Crippen molar-refractivity contribution in [3.8, 4) is 5.69 Å². The van der Waals surface area contributed by atoms with Crippen LogP contribution in [-0.4, -0.2) is 22.6 Å². The van der Waals surface area contributed by atoms with Crippen LogP contribution in [0, 0.1) is 13.8 Å². The van der Waals surface area contributed by atoms with Gasteiger partial charge in [0.2, 0.25) is 0 Å². The van der Waals surface area contributed by atoms with Crippen LogP contribution in [-0.2, 0) is 9.59 Å². The maximum absolute atomic E-state index is 12.1. The van der Waals surface area contributed by atoms with Gasteiger partial charge in [0.1, 0.15) is 0 Å².